The van der Waals surface area contributed by atoms with E-state index < -0.39 is 17.5 Å². The average Bonchev–Trinajstić information content (AvgIpc) is 3.22. The first-order chi connectivity index (χ1) is 11.9. The van der Waals surface area contributed by atoms with E-state index in [9.17, 15) is 18.0 Å². The Morgan fingerprint density at radius 3 is 2.50 bits per heavy atom. The third kappa shape index (κ3) is 4.00. The second-order valence-electron chi connectivity index (χ2n) is 7.17. The van der Waals surface area contributed by atoms with Crippen LogP contribution in [0.15, 0.2) is 30.3 Å². The van der Waals surface area contributed by atoms with Crippen molar-refractivity contribution in [3.8, 4) is 0 Å². The maximum atomic E-state index is 13.9. The molecule has 3 rings (SSSR count). The highest BCUT2D eigenvalue weighted by Crippen LogP contribution is 2.47. The van der Waals surface area contributed by atoms with Crippen molar-refractivity contribution >= 4 is 18.3 Å². The van der Waals surface area contributed by atoms with Gasteiger partial charge in [0.15, 0.2) is 5.41 Å². The summed E-state index contributed by atoms with van der Waals surface area (Å²) in [7, 11) is 0. The van der Waals surface area contributed by atoms with Crippen LogP contribution in [0.25, 0.3) is 0 Å². The minimum Gasteiger partial charge on any atom is -0.342 e. The molecule has 0 spiro atoms. The average molecular weight is 392 g/mol. The number of nitrogens with zero attached hydrogens (tertiary/aromatic N) is 2. The number of likely N-dealkylation sites (tertiary alicyclic amines) is 2. The molecule has 2 saturated heterocycles. The van der Waals surface area contributed by atoms with Crippen LogP contribution in [0.5, 0.6) is 0 Å². The van der Waals surface area contributed by atoms with Crippen molar-refractivity contribution in [2.24, 2.45) is 17.1 Å². The van der Waals surface area contributed by atoms with Gasteiger partial charge in [0, 0.05) is 26.2 Å². The van der Waals surface area contributed by atoms with Gasteiger partial charge in [-0.15, -0.1) is 12.4 Å². The molecule has 26 heavy (non-hydrogen) atoms. The Labute approximate surface area is 157 Å². The first-order valence-electron chi connectivity index (χ1n) is 8.68. The molecule has 8 heteroatoms. The van der Waals surface area contributed by atoms with E-state index in [0.717, 1.165) is 5.56 Å². The number of benzene rings is 1. The lowest BCUT2D eigenvalue weighted by Gasteiger charge is -2.34. The molecule has 2 aliphatic rings. The van der Waals surface area contributed by atoms with E-state index in [0.29, 0.717) is 32.6 Å². The van der Waals surface area contributed by atoms with E-state index in [1.165, 1.54) is 4.90 Å². The number of hydrogen-bond donors (Lipinski definition) is 1. The van der Waals surface area contributed by atoms with Crippen molar-refractivity contribution in [2.75, 3.05) is 32.7 Å². The summed E-state index contributed by atoms with van der Waals surface area (Å²) in [5.41, 5.74) is 4.28. The van der Waals surface area contributed by atoms with E-state index in [4.69, 9.17) is 5.73 Å². The molecule has 2 unspecified atom stereocenters. The van der Waals surface area contributed by atoms with Crippen molar-refractivity contribution in [3.05, 3.63) is 35.9 Å². The lowest BCUT2D eigenvalue weighted by molar-refractivity contribution is -0.223. The van der Waals surface area contributed by atoms with Crippen LogP contribution in [0.3, 0.4) is 0 Å². The van der Waals surface area contributed by atoms with Crippen LogP contribution in [0.2, 0.25) is 0 Å². The predicted octanol–water partition coefficient (Wildman–Crippen LogP) is 2.67. The Morgan fingerprint density at radius 2 is 1.92 bits per heavy atom. The summed E-state index contributed by atoms with van der Waals surface area (Å²) < 4.78 is 41.7. The summed E-state index contributed by atoms with van der Waals surface area (Å²) in [6.07, 6.45) is -4.04. The van der Waals surface area contributed by atoms with Crippen molar-refractivity contribution in [1.82, 2.24) is 9.80 Å². The Balaban J connectivity index is 0.00000243. The van der Waals surface area contributed by atoms with Crippen LogP contribution in [0.1, 0.15) is 18.4 Å². The van der Waals surface area contributed by atoms with E-state index in [-0.39, 0.29) is 37.8 Å². The van der Waals surface area contributed by atoms with Crippen molar-refractivity contribution < 1.29 is 18.0 Å². The highest BCUT2D eigenvalue weighted by molar-refractivity contribution is 5.85. The molecular weight excluding hydrogens is 367 g/mol. The molecule has 1 aromatic rings. The summed E-state index contributed by atoms with van der Waals surface area (Å²) in [6, 6.07) is 9.39. The highest BCUT2D eigenvalue weighted by atomic mass is 35.5. The number of amides is 1. The molecule has 0 saturated carbocycles. The molecule has 2 aliphatic heterocycles. The van der Waals surface area contributed by atoms with Crippen LogP contribution < -0.4 is 5.73 Å². The smallest absolute Gasteiger partial charge is 0.342 e. The minimum atomic E-state index is -4.55. The monoisotopic (exact) mass is 391 g/mol. The molecule has 2 N–H and O–H groups in total. The Morgan fingerprint density at radius 1 is 1.23 bits per heavy atom. The first-order valence-corrected chi connectivity index (χ1v) is 8.68. The highest BCUT2D eigenvalue weighted by Gasteiger charge is 2.64. The number of carbonyl (C=O) groups excluding carboxylic acids is 1. The van der Waals surface area contributed by atoms with Crippen molar-refractivity contribution in [2.45, 2.75) is 25.6 Å². The maximum absolute atomic E-state index is 13.9. The second-order valence-corrected chi connectivity index (χ2v) is 7.17. The number of carbonyl (C=O) groups is 1. The number of halogens is 4. The van der Waals surface area contributed by atoms with Crippen LogP contribution in [0, 0.1) is 11.3 Å². The largest absolute Gasteiger partial charge is 0.404 e. The molecule has 0 aliphatic carbocycles. The number of nitrogens with two attached hydrogens (primary N) is 1. The van der Waals surface area contributed by atoms with Gasteiger partial charge in [-0.05, 0) is 37.4 Å². The molecule has 2 fully saturated rings. The van der Waals surface area contributed by atoms with Gasteiger partial charge in [-0.1, -0.05) is 30.3 Å². The molecule has 1 amide bonds. The Bertz CT molecular complexity index is 613. The summed E-state index contributed by atoms with van der Waals surface area (Å²) in [4.78, 5) is 15.9. The molecular formula is C18H25ClF3N3O. The molecule has 0 bridgehead atoms. The van der Waals surface area contributed by atoms with E-state index >= 15 is 0 Å². The lowest BCUT2D eigenvalue weighted by atomic mass is 9.84. The van der Waals surface area contributed by atoms with Crippen LogP contribution in [-0.2, 0) is 11.3 Å². The number of hydrogen-bond acceptors (Lipinski definition) is 3. The summed E-state index contributed by atoms with van der Waals surface area (Å²) >= 11 is 0. The van der Waals surface area contributed by atoms with Crippen LogP contribution in [-0.4, -0.2) is 54.6 Å². The lowest BCUT2D eigenvalue weighted by Crippen LogP contribution is -2.53. The molecule has 0 radical (unpaired) electrons. The molecule has 146 valence electrons. The zero-order chi connectivity index (χ0) is 18.1. The van der Waals surface area contributed by atoms with Gasteiger partial charge in [-0.25, -0.2) is 0 Å². The van der Waals surface area contributed by atoms with Gasteiger partial charge in [-0.2, -0.15) is 13.2 Å². The van der Waals surface area contributed by atoms with E-state index in [2.05, 4.69) is 0 Å². The van der Waals surface area contributed by atoms with Gasteiger partial charge in [0.05, 0.1) is 0 Å². The van der Waals surface area contributed by atoms with Crippen LogP contribution >= 0.6 is 12.4 Å². The molecule has 2 heterocycles. The fourth-order valence-electron chi connectivity index (χ4n) is 3.90. The third-order valence-electron chi connectivity index (χ3n) is 5.46. The van der Waals surface area contributed by atoms with Crippen molar-refractivity contribution in [1.29, 1.82) is 0 Å². The van der Waals surface area contributed by atoms with Gasteiger partial charge in [-0.3, -0.25) is 9.69 Å². The maximum Gasteiger partial charge on any atom is 0.404 e. The SMILES string of the molecule is Cl.NCC1CCN(C(=O)C2(C(F)(F)F)CCN(Cc3ccccc3)C2)C1. The van der Waals surface area contributed by atoms with Crippen LogP contribution in [0.4, 0.5) is 13.2 Å². The predicted molar refractivity (Wildman–Crippen MR) is 95.8 cm³/mol. The fourth-order valence-corrected chi connectivity index (χ4v) is 3.90. The number of rotatable bonds is 4. The molecule has 2 atom stereocenters. The first kappa shape index (κ1) is 21.0. The normalized spacial score (nSPS) is 26.8. The summed E-state index contributed by atoms with van der Waals surface area (Å²) in [5.74, 6) is -0.664. The van der Waals surface area contributed by atoms with Gasteiger partial charge in [0.2, 0.25) is 5.91 Å². The fraction of sp³-hybridized carbons (Fsp3) is 0.611. The summed E-state index contributed by atoms with van der Waals surface area (Å²) in [6.45, 7) is 1.55. The van der Waals surface area contributed by atoms with Gasteiger partial charge >= 0.3 is 6.18 Å². The molecule has 1 aromatic carbocycles. The standard InChI is InChI=1S/C18H24F3N3O.ClH/c19-18(20,21)17(16(25)24-8-6-15(10-22)12-24)7-9-23(13-17)11-14-4-2-1-3-5-14;/h1-5,15H,6-13,22H2;1H. The second kappa shape index (κ2) is 8.15. The zero-order valence-corrected chi connectivity index (χ0v) is 15.4. The minimum absolute atomic E-state index is 0. The van der Waals surface area contributed by atoms with E-state index in [1.54, 1.807) is 4.90 Å². The van der Waals surface area contributed by atoms with E-state index in [1.807, 2.05) is 30.3 Å². The zero-order valence-electron chi connectivity index (χ0n) is 14.5. The Kier molecular flexibility index (Phi) is 6.58. The molecule has 4 nitrogen and oxygen atoms in total. The summed E-state index contributed by atoms with van der Waals surface area (Å²) in [5, 5.41) is 0. The third-order valence-corrected chi connectivity index (χ3v) is 5.46. The topological polar surface area (TPSA) is 49.6 Å². The van der Waals surface area contributed by atoms with Gasteiger partial charge in [0.25, 0.3) is 0 Å². The quantitative estimate of drug-likeness (QED) is 0.858. The Hall–Kier alpha value is -1.31. The van der Waals surface area contributed by atoms with Crippen molar-refractivity contribution in [3.63, 3.8) is 0 Å². The number of alkyl halides is 3. The van der Waals surface area contributed by atoms with Gasteiger partial charge < -0.3 is 10.6 Å². The molecule has 0 aromatic heterocycles. The van der Waals surface area contributed by atoms with Gasteiger partial charge in [0.1, 0.15) is 0 Å².